The van der Waals surface area contributed by atoms with Crippen molar-refractivity contribution in [1.29, 1.82) is 0 Å². The summed E-state index contributed by atoms with van der Waals surface area (Å²) >= 11 is 12.0. The number of nitrogens with zero attached hydrogens (tertiary/aromatic N) is 1. The maximum Gasteiger partial charge on any atom is 0.253 e. The lowest BCUT2D eigenvalue weighted by molar-refractivity contribution is 0.0729. The molecule has 1 fully saturated rings. The normalized spacial score (nSPS) is 16.5. The fourth-order valence-corrected chi connectivity index (χ4v) is 4.85. The molecular formula is C19H20Cl2N2O4S. The number of hydrogen-bond donors (Lipinski definition) is 1. The van der Waals surface area contributed by atoms with Gasteiger partial charge in [-0.05, 0) is 36.8 Å². The highest BCUT2D eigenvalue weighted by atomic mass is 35.5. The van der Waals surface area contributed by atoms with Crippen LogP contribution in [0.25, 0.3) is 0 Å². The van der Waals surface area contributed by atoms with Crippen LogP contribution >= 0.6 is 23.2 Å². The van der Waals surface area contributed by atoms with Crippen LogP contribution in [0.2, 0.25) is 10.0 Å². The molecule has 0 aliphatic carbocycles. The lowest BCUT2D eigenvalue weighted by Gasteiger charge is -2.27. The third-order valence-corrected chi connectivity index (χ3v) is 7.21. The van der Waals surface area contributed by atoms with E-state index < -0.39 is 15.9 Å². The first-order valence-corrected chi connectivity index (χ1v) is 10.9. The van der Waals surface area contributed by atoms with Crippen molar-refractivity contribution < 1.29 is 17.9 Å². The van der Waals surface area contributed by atoms with Crippen LogP contribution < -0.4 is 5.32 Å². The first-order valence-electron chi connectivity index (χ1n) is 8.73. The number of sulfonamides is 1. The summed E-state index contributed by atoms with van der Waals surface area (Å²) in [6.45, 7) is 2.98. The van der Waals surface area contributed by atoms with Crippen LogP contribution in [0.1, 0.15) is 28.9 Å². The molecule has 0 aromatic heterocycles. The van der Waals surface area contributed by atoms with Crippen molar-refractivity contribution in [1.82, 2.24) is 9.62 Å². The van der Waals surface area contributed by atoms with Gasteiger partial charge in [0.15, 0.2) is 0 Å². The minimum atomic E-state index is -3.80. The van der Waals surface area contributed by atoms with E-state index in [1.54, 1.807) is 37.3 Å². The molecule has 28 heavy (non-hydrogen) atoms. The van der Waals surface area contributed by atoms with Crippen molar-refractivity contribution in [2.75, 3.05) is 26.3 Å². The van der Waals surface area contributed by atoms with E-state index in [4.69, 9.17) is 27.9 Å². The average molecular weight is 443 g/mol. The van der Waals surface area contributed by atoms with Crippen LogP contribution in [0.15, 0.2) is 47.4 Å². The molecule has 0 bridgehead atoms. The van der Waals surface area contributed by atoms with Crippen molar-refractivity contribution in [3.8, 4) is 0 Å². The first kappa shape index (κ1) is 21.1. The summed E-state index contributed by atoms with van der Waals surface area (Å²) in [5.41, 5.74) is 0.858. The van der Waals surface area contributed by atoms with Gasteiger partial charge in [-0.1, -0.05) is 41.4 Å². The number of amides is 1. The van der Waals surface area contributed by atoms with Gasteiger partial charge in [0.25, 0.3) is 5.91 Å². The molecule has 3 rings (SSSR count). The molecule has 1 N–H and O–H groups in total. The highest BCUT2D eigenvalue weighted by Gasteiger charge is 2.30. The molecule has 1 aliphatic heterocycles. The Bertz CT molecular complexity index is 976. The summed E-state index contributed by atoms with van der Waals surface area (Å²) in [5.74, 6) is -0.481. The maximum absolute atomic E-state index is 13.0. The zero-order valence-corrected chi connectivity index (χ0v) is 17.5. The van der Waals surface area contributed by atoms with Crippen LogP contribution in [0, 0.1) is 0 Å². The summed E-state index contributed by atoms with van der Waals surface area (Å²) in [4.78, 5) is 12.8. The van der Waals surface area contributed by atoms with Crippen LogP contribution in [-0.2, 0) is 14.8 Å². The summed E-state index contributed by atoms with van der Waals surface area (Å²) < 4.78 is 32.6. The first-order chi connectivity index (χ1) is 13.3. The number of ether oxygens (including phenoxy) is 1. The van der Waals surface area contributed by atoms with Gasteiger partial charge in [0.2, 0.25) is 10.0 Å². The number of hydrogen-bond acceptors (Lipinski definition) is 4. The second-order valence-electron chi connectivity index (χ2n) is 6.38. The SMILES string of the molecule is CC(NC(=O)c1ccccc1S(=O)(=O)N1CCOCC1)c1ccc(Cl)c(Cl)c1. The fourth-order valence-electron chi connectivity index (χ4n) is 2.94. The predicted molar refractivity (Wildman–Crippen MR) is 108 cm³/mol. The number of morpholine rings is 1. The second-order valence-corrected chi connectivity index (χ2v) is 9.10. The van der Waals surface area contributed by atoms with Crippen LogP contribution in [0.3, 0.4) is 0 Å². The summed E-state index contributed by atoms with van der Waals surface area (Å²) in [5, 5.41) is 3.63. The van der Waals surface area contributed by atoms with E-state index >= 15 is 0 Å². The molecule has 1 atom stereocenters. The fraction of sp³-hybridized carbons (Fsp3) is 0.316. The third kappa shape index (κ3) is 4.50. The van der Waals surface area contributed by atoms with Crippen molar-refractivity contribution >= 4 is 39.1 Å². The van der Waals surface area contributed by atoms with Gasteiger partial charge in [0.1, 0.15) is 0 Å². The summed E-state index contributed by atoms with van der Waals surface area (Å²) in [6, 6.07) is 10.9. The Morgan fingerprint density at radius 3 is 2.46 bits per heavy atom. The van der Waals surface area contributed by atoms with Crippen molar-refractivity contribution in [2.45, 2.75) is 17.9 Å². The zero-order chi connectivity index (χ0) is 20.3. The zero-order valence-electron chi connectivity index (χ0n) is 15.2. The predicted octanol–water partition coefficient (Wildman–Crippen LogP) is 3.51. The second kappa shape index (κ2) is 8.80. The van der Waals surface area contributed by atoms with E-state index in [0.29, 0.717) is 23.3 Å². The molecule has 6 nitrogen and oxygen atoms in total. The van der Waals surface area contributed by atoms with Crippen LogP contribution in [0.4, 0.5) is 0 Å². The highest BCUT2D eigenvalue weighted by molar-refractivity contribution is 7.89. The van der Waals surface area contributed by atoms with E-state index in [2.05, 4.69) is 5.32 Å². The molecule has 0 radical (unpaired) electrons. The lowest BCUT2D eigenvalue weighted by Crippen LogP contribution is -2.41. The monoisotopic (exact) mass is 442 g/mol. The van der Waals surface area contributed by atoms with Gasteiger partial charge in [0, 0.05) is 13.1 Å². The molecule has 150 valence electrons. The molecule has 1 heterocycles. The van der Waals surface area contributed by atoms with Crippen molar-refractivity contribution in [3.05, 3.63) is 63.6 Å². The Hall–Kier alpha value is -1.64. The molecule has 9 heteroatoms. The third-order valence-electron chi connectivity index (χ3n) is 4.51. The van der Waals surface area contributed by atoms with Crippen LogP contribution in [0.5, 0.6) is 0 Å². The minimum Gasteiger partial charge on any atom is -0.379 e. The lowest BCUT2D eigenvalue weighted by atomic mass is 10.1. The Morgan fingerprint density at radius 1 is 1.11 bits per heavy atom. The molecule has 1 aliphatic rings. The number of carbonyl (C=O) groups is 1. The molecule has 0 spiro atoms. The molecule has 1 unspecified atom stereocenters. The number of nitrogens with one attached hydrogen (secondary N) is 1. The standard InChI is InChI=1S/C19H20Cl2N2O4S/c1-13(14-6-7-16(20)17(21)12-14)22-19(24)15-4-2-3-5-18(15)28(25,26)23-8-10-27-11-9-23/h2-7,12-13H,8-11H2,1H3,(H,22,24). The van der Waals surface area contributed by atoms with E-state index in [9.17, 15) is 13.2 Å². The highest BCUT2D eigenvalue weighted by Crippen LogP contribution is 2.26. The van der Waals surface area contributed by atoms with E-state index in [1.807, 2.05) is 0 Å². The summed E-state index contributed by atoms with van der Waals surface area (Å²) in [7, 11) is -3.80. The van der Waals surface area contributed by atoms with Crippen LogP contribution in [-0.4, -0.2) is 44.9 Å². The van der Waals surface area contributed by atoms with Gasteiger partial charge in [-0.25, -0.2) is 8.42 Å². The molecule has 2 aromatic carbocycles. The topological polar surface area (TPSA) is 75.7 Å². The Kier molecular flexibility index (Phi) is 6.62. The van der Waals surface area contributed by atoms with E-state index in [1.165, 1.54) is 16.4 Å². The van der Waals surface area contributed by atoms with Gasteiger partial charge in [-0.2, -0.15) is 4.31 Å². The maximum atomic E-state index is 13.0. The largest absolute Gasteiger partial charge is 0.379 e. The molecular weight excluding hydrogens is 423 g/mol. The van der Waals surface area contributed by atoms with Gasteiger partial charge in [-0.3, -0.25) is 4.79 Å². The average Bonchev–Trinajstić information content (AvgIpc) is 2.70. The number of benzene rings is 2. The van der Waals surface area contributed by atoms with Gasteiger partial charge in [-0.15, -0.1) is 0 Å². The molecule has 2 aromatic rings. The molecule has 1 saturated heterocycles. The minimum absolute atomic E-state index is 0.0178. The number of halogens is 2. The van der Waals surface area contributed by atoms with E-state index in [0.717, 1.165) is 5.56 Å². The Balaban J connectivity index is 1.85. The number of rotatable bonds is 5. The smallest absolute Gasteiger partial charge is 0.253 e. The quantitative estimate of drug-likeness (QED) is 0.768. The Labute approximate surface area is 174 Å². The molecule has 1 amide bonds. The van der Waals surface area contributed by atoms with Crippen molar-refractivity contribution in [2.24, 2.45) is 0 Å². The molecule has 0 saturated carbocycles. The Morgan fingerprint density at radius 2 is 1.79 bits per heavy atom. The number of carbonyl (C=O) groups excluding carboxylic acids is 1. The van der Waals surface area contributed by atoms with Gasteiger partial charge < -0.3 is 10.1 Å². The van der Waals surface area contributed by atoms with Gasteiger partial charge in [0.05, 0.1) is 39.8 Å². The van der Waals surface area contributed by atoms with Gasteiger partial charge >= 0.3 is 0 Å². The van der Waals surface area contributed by atoms with E-state index in [-0.39, 0.29) is 29.6 Å². The van der Waals surface area contributed by atoms with Crippen molar-refractivity contribution in [3.63, 3.8) is 0 Å². The summed E-state index contributed by atoms with van der Waals surface area (Å²) in [6.07, 6.45) is 0.